The summed E-state index contributed by atoms with van der Waals surface area (Å²) in [5.74, 6) is 1.07. The summed E-state index contributed by atoms with van der Waals surface area (Å²) in [7, 11) is -0.997. The average molecular weight is 300 g/mol. The fourth-order valence-electron chi connectivity index (χ4n) is 2.94. The van der Waals surface area contributed by atoms with Crippen LogP contribution in [0.5, 0.6) is 0 Å². The summed E-state index contributed by atoms with van der Waals surface area (Å²) < 4.78 is 12.8. The molecule has 4 atom stereocenters. The Balaban J connectivity index is 2.19. The predicted octanol–water partition coefficient (Wildman–Crippen LogP) is 3.60. The van der Waals surface area contributed by atoms with E-state index in [-0.39, 0.29) is 5.25 Å². The lowest BCUT2D eigenvalue weighted by atomic mass is 9.80. The SMILES string of the molecule is CCC1CCC(CN)C(S(=O)c2cccc(Cl)c2)C1. The first-order valence-electron chi connectivity index (χ1n) is 7.02. The molecule has 0 bridgehead atoms. The molecule has 4 unspecified atom stereocenters. The highest BCUT2D eigenvalue weighted by atomic mass is 35.5. The van der Waals surface area contributed by atoms with E-state index in [9.17, 15) is 4.21 Å². The fraction of sp³-hybridized carbons (Fsp3) is 0.600. The van der Waals surface area contributed by atoms with E-state index in [2.05, 4.69) is 6.92 Å². The number of rotatable bonds is 4. The van der Waals surface area contributed by atoms with Gasteiger partial charge in [0.05, 0.1) is 10.8 Å². The molecule has 1 aliphatic rings. The maximum atomic E-state index is 12.8. The highest BCUT2D eigenvalue weighted by Crippen LogP contribution is 2.35. The van der Waals surface area contributed by atoms with Crippen LogP contribution in [0.25, 0.3) is 0 Å². The van der Waals surface area contributed by atoms with Crippen LogP contribution in [0.15, 0.2) is 29.2 Å². The van der Waals surface area contributed by atoms with Crippen molar-refractivity contribution in [2.45, 2.75) is 42.8 Å². The van der Waals surface area contributed by atoms with Crippen molar-refractivity contribution >= 4 is 22.4 Å². The van der Waals surface area contributed by atoms with Crippen molar-refractivity contribution in [1.29, 1.82) is 0 Å². The number of hydrogen-bond acceptors (Lipinski definition) is 2. The molecule has 0 radical (unpaired) electrons. The quantitative estimate of drug-likeness (QED) is 0.923. The van der Waals surface area contributed by atoms with E-state index in [0.29, 0.717) is 23.4 Å². The highest BCUT2D eigenvalue weighted by Gasteiger charge is 2.33. The summed E-state index contributed by atoms with van der Waals surface area (Å²) in [6.45, 7) is 2.85. The zero-order valence-electron chi connectivity index (χ0n) is 11.3. The van der Waals surface area contributed by atoms with Crippen molar-refractivity contribution in [2.24, 2.45) is 17.6 Å². The number of hydrogen-bond donors (Lipinski definition) is 1. The molecule has 0 amide bonds. The summed E-state index contributed by atoms with van der Waals surface area (Å²) in [6, 6.07) is 7.41. The number of benzene rings is 1. The van der Waals surface area contributed by atoms with Gasteiger partial charge < -0.3 is 5.73 Å². The minimum absolute atomic E-state index is 0.183. The first-order chi connectivity index (χ1) is 9.15. The van der Waals surface area contributed by atoms with Gasteiger partial charge in [0.1, 0.15) is 0 Å². The second kappa shape index (κ2) is 6.87. The van der Waals surface area contributed by atoms with Gasteiger partial charge in [0.15, 0.2) is 0 Å². The molecule has 0 saturated heterocycles. The van der Waals surface area contributed by atoms with Crippen molar-refractivity contribution in [3.63, 3.8) is 0 Å². The van der Waals surface area contributed by atoms with E-state index in [1.807, 2.05) is 24.3 Å². The van der Waals surface area contributed by atoms with Gasteiger partial charge >= 0.3 is 0 Å². The second-order valence-electron chi connectivity index (χ2n) is 5.38. The van der Waals surface area contributed by atoms with Crippen LogP contribution in [0.4, 0.5) is 0 Å². The largest absolute Gasteiger partial charge is 0.330 e. The number of halogens is 1. The standard InChI is InChI=1S/C15H22ClNOS/c1-2-11-6-7-12(10-17)15(8-11)19(18)14-5-3-4-13(16)9-14/h3-5,9,11-12,15H,2,6-8,10,17H2,1H3. The molecule has 19 heavy (non-hydrogen) atoms. The maximum absolute atomic E-state index is 12.8. The summed E-state index contributed by atoms with van der Waals surface area (Å²) in [5.41, 5.74) is 5.87. The van der Waals surface area contributed by atoms with Crippen molar-refractivity contribution in [3.8, 4) is 0 Å². The fourth-order valence-corrected chi connectivity index (χ4v) is 5.05. The van der Waals surface area contributed by atoms with Gasteiger partial charge in [-0.2, -0.15) is 0 Å². The topological polar surface area (TPSA) is 43.1 Å². The molecule has 4 heteroatoms. The van der Waals surface area contributed by atoms with Gasteiger partial charge in [-0.05, 0) is 49.4 Å². The highest BCUT2D eigenvalue weighted by molar-refractivity contribution is 7.85. The molecular weight excluding hydrogens is 278 g/mol. The van der Waals surface area contributed by atoms with Crippen LogP contribution < -0.4 is 5.73 Å². The minimum atomic E-state index is -0.997. The molecule has 0 spiro atoms. The molecule has 1 saturated carbocycles. The van der Waals surface area contributed by atoms with E-state index >= 15 is 0 Å². The Morgan fingerprint density at radius 1 is 1.42 bits per heavy atom. The van der Waals surface area contributed by atoms with Crippen LogP contribution >= 0.6 is 11.6 Å². The molecule has 2 N–H and O–H groups in total. The van der Waals surface area contributed by atoms with Crippen LogP contribution in [-0.4, -0.2) is 16.0 Å². The van der Waals surface area contributed by atoms with Gasteiger partial charge in [-0.15, -0.1) is 0 Å². The molecule has 1 aliphatic carbocycles. The Kier molecular flexibility index (Phi) is 5.43. The minimum Gasteiger partial charge on any atom is -0.330 e. The maximum Gasteiger partial charge on any atom is 0.0564 e. The van der Waals surface area contributed by atoms with E-state index in [4.69, 9.17) is 17.3 Å². The summed E-state index contributed by atoms with van der Waals surface area (Å²) in [4.78, 5) is 0.840. The van der Waals surface area contributed by atoms with Crippen molar-refractivity contribution < 1.29 is 4.21 Å². The molecule has 0 aromatic heterocycles. The Hall–Kier alpha value is -0.380. The molecule has 0 aliphatic heterocycles. The predicted molar refractivity (Wildman–Crippen MR) is 81.8 cm³/mol. The Bertz CT molecular complexity index is 452. The van der Waals surface area contributed by atoms with Gasteiger partial charge in [0.2, 0.25) is 0 Å². The Labute approximate surface area is 123 Å². The first kappa shape index (κ1) is 15.0. The van der Waals surface area contributed by atoms with Crippen molar-refractivity contribution in [3.05, 3.63) is 29.3 Å². The van der Waals surface area contributed by atoms with Gasteiger partial charge in [-0.25, -0.2) is 0 Å². The van der Waals surface area contributed by atoms with E-state index in [0.717, 1.165) is 17.7 Å². The lowest BCUT2D eigenvalue weighted by Crippen LogP contribution is -2.37. The Morgan fingerprint density at radius 2 is 2.21 bits per heavy atom. The number of nitrogens with two attached hydrogens (primary N) is 1. The second-order valence-corrected chi connectivity index (χ2v) is 7.48. The summed E-state index contributed by atoms with van der Waals surface area (Å²) in [6.07, 6.45) is 4.52. The third kappa shape index (κ3) is 3.59. The van der Waals surface area contributed by atoms with Gasteiger partial charge in [0.25, 0.3) is 0 Å². The molecule has 2 rings (SSSR count). The van der Waals surface area contributed by atoms with Crippen LogP contribution in [0, 0.1) is 11.8 Å². The third-order valence-corrected chi connectivity index (χ3v) is 6.30. The summed E-state index contributed by atoms with van der Waals surface area (Å²) >= 11 is 5.99. The van der Waals surface area contributed by atoms with Crippen LogP contribution in [-0.2, 0) is 10.8 Å². The molecule has 106 valence electrons. The van der Waals surface area contributed by atoms with Crippen LogP contribution in [0.2, 0.25) is 5.02 Å². The molecule has 1 aromatic carbocycles. The molecule has 0 heterocycles. The molecule has 1 aromatic rings. The monoisotopic (exact) mass is 299 g/mol. The molecular formula is C15H22ClNOS. The van der Waals surface area contributed by atoms with Crippen molar-refractivity contribution in [2.75, 3.05) is 6.54 Å². The lowest BCUT2D eigenvalue weighted by molar-refractivity contribution is 0.280. The molecule has 2 nitrogen and oxygen atoms in total. The normalized spacial score (nSPS) is 29.1. The van der Waals surface area contributed by atoms with Gasteiger partial charge in [0, 0.05) is 15.2 Å². The molecule has 1 fully saturated rings. The van der Waals surface area contributed by atoms with E-state index < -0.39 is 10.8 Å². The summed E-state index contributed by atoms with van der Waals surface area (Å²) in [5, 5.41) is 0.833. The third-order valence-electron chi connectivity index (χ3n) is 4.22. The van der Waals surface area contributed by atoms with Gasteiger partial charge in [-0.3, -0.25) is 4.21 Å². The lowest BCUT2D eigenvalue weighted by Gasteiger charge is -2.34. The van der Waals surface area contributed by atoms with Gasteiger partial charge in [-0.1, -0.05) is 37.4 Å². The average Bonchev–Trinajstić information content (AvgIpc) is 2.45. The van der Waals surface area contributed by atoms with Crippen molar-refractivity contribution in [1.82, 2.24) is 0 Å². The van der Waals surface area contributed by atoms with Crippen LogP contribution in [0.1, 0.15) is 32.6 Å². The zero-order valence-corrected chi connectivity index (χ0v) is 12.9. The Morgan fingerprint density at radius 3 is 2.84 bits per heavy atom. The smallest absolute Gasteiger partial charge is 0.0564 e. The zero-order chi connectivity index (χ0) is 13.8. The van der Waals surface area contributed by atoms with E-state index in [1.54, 1.807) is 0 Å². The van der Waals surface area contributed by atoms with Crippen LogP contribution in [0.3, 0.4) is 0 Å². The van der Waals surface area contributed by atoms with E-state index in [1.165, 1.54) is 12.8 Å². The first-order valence-corrected chi connectivity index (χ1v) is 8.61.